The molecular weight excluding hydrogens is 340 g/mol. The first-order valence-electron chi connectivity index (χ1n) is 5.95. The van der Waals surface area contributed by atoms with E-state index >= 15 is 0 Å². The largest absolute Gasteiger partial charge is 0.464 e. The second-order valence-electron chi connectivity index (χ2n) is 3.88. The number of rotatable bonds is 6. The first-order chi connectivity index (χ1) is 9.99. The van der Waals surface area contributed by atoms with Gasteiger partial charge in [0.05, 0.1) is 18.4 Å². The Morgan fingerprint density at radius 2 is 2.19 bits per heavy atom. The standard InChI is InChI=1S/C14H15BrN2O4/c1-4-7-21-14(19)10-5-6-12(11(15)8-10)17-16-9(2)13(18)20-3/h4-6,8,17H,1,7H2,2-3H3/b16-9+. The maximum Gasteiger partial charge on any atom is 0.353 e. The summed E-state index contributed by atoms with van der Waals surface area (Å²) in [6.07, 6.45) is 1.49. The van der Waals surface area contributed by atoms with E-state index in [9.17, 15) is 9.59 Å². The third-order valence-electron chi connectivity index (χ3n) is 2.36. The molecular formula is C14H15BrN2O4. The summed E-state index contributed by atoms with van der Waals surface area (Å²) >= 11 is 3.31. The Labute approximate surface area is 130 Å². The third kappa shape index (κ3) is 5.03. The number of hydrogen-bond donors (Lipinski definition) is 1. The second-order valence-corrected chi connectivity index (χ2v) is 4.74. The quantitative estimate of drug-likeness (QED) is 0.368. The molecule has 112 valence electrons. The molecule has 1 rings (SSSR count). The van der Waals surface area contributed by atoms with Crippen molar-refractivity contribution in [3.63, 3.8) is 0 Å². The van der Waals surface area contributed by atoms with Crippen LogP contribution in [0.15, 0.2) is 40.4 Å². The number of nitrogens with zero attached hydrogens (tertiary/aromatic N) is 1. The van der Waals surface area contributed by atoms with Crippen molar-refractivity contribution in [1.82, 2.24) is 0 Å². The Morgan fingerprint density at radius 1 is 1.48 bits per heavy atom. The maximum atomic E-state index is 11.7. The zero-order valence-electron chi connectivity index (χ0n) is 11.7. The Kier molecular flexibility index (Phi) is 6.61. The van der Waals surface area contributed by atoms with Crippen LogP contribution >= 0.6 is 15.9 Å². The lowest BCUT2D eigenvalue weighted by atomic mass is 10.2. The molecule has 0 bridgehead atoms. The van der Waals surface area contributed by atoms with Crippen molar-refractivity contribution < 1.29 is 19.1 Å². The molecule has 7 heteroatoms. The van der Waals surface area contributed by atoms with E-state index < -0.39 is 11.9 Å². The van der Waals surface area contributed by atoms with E-state index in [1.54, 1.807) is 18.2 Å². The number of esters is 2. The van der Waals surface area contributed by atoms with Crippen molar-refractivity contribution >= 4 is 39.3 Å². The van der Waals surface area contributed by atoms with Crippen LogP contribution in [0.3, 0.4) is 0 Å². The fraction of sp³-hybridized carbons (Fsp3) is 0.214. The van der Waals surface area contributed by atoms with Gasteiger partial charge >= 0.3 is 11.9 Å². The molecule has 0 saturated carbocycles. The van der Waals surface area contributed by atoms with Crippen LogP contribution in [0.4, 0.5) is 5.69 Å². The average molecular weight is 355 g/mol. The molecule has 1 N–H and O–H groups in total. The molecule has 0 spiro atoms. The first kappa shape index (κ1) is 16.9. The minimum atomic E-state index is -0.525. The number of nitrogens with one attached hydrogen (secondary N) is 1. The molecule has 0 aromatic heterocycles. The molecule has 0 radical (unpaired) electrons. The number of hydrazone groups is 1. The fourth-order valence-corrected chi connectivity index (χ4v) is 1.76. The van der Waals surface area contributed by atoms with E-state index in [-0.39, 0.29) is 12.3 Å². The highest BCUT2D eigenvalue weighted by Crippen LogP contribution is 2.24. The second kappa shape index (κ2) is 8.21. The molecule has 0 unspecified atom stereocenters. The Bertz CT molecular complexity index is 584. The Morgan fingerprint density at radius 3 is 2.76 bits per heavy atom. The Balaban J connectivity index is 2.81. The fourth-order valence-electron chi connectivity index (χ4n) is 1.29. The molecule has 0 atom stereocenters. The van der Waals surface area contributed by atoms with Crippen molar-refractivity contribution in [3.8, 4) is 0 Å². The van der Waals surface area contributed by atoms with Crippen LogP contribution in [-0.4, -0.2) is 31.4 Å². The van der Waals surface area contributed by atoms with Gasteiger partial charge in [0, 0.05) is 4.47 Å². The van der Waals surface area contributed by atoms with E-state index in [4.69, 9.17) is 4.74 Å². The van der Waals surface area contributed by atoms with Gasteiger partial charge < -0.3 is 9.47 Å². The van der Waals surface area contributed by atoms with Crippen LogP contribution in [0.25, 0.3) is 0 Å². The predicted molar refractivity (Wildman–Crippen MR) is 83.4 cm³/mol. The van der Waals surface area contributed by atoms with Crippen LogP contribution in [-0.2, 0) is 14.3 Å². The third-order valence-corrected chi connectivity index (χ3v) is 3.02. The van der Waals surface area contributed by atoms with Crippen molar-refractivity contribution in [2.75, 3.05) is 19.1 Å². The van der Waals surface area contributed by atoms with Crippen LogP contribution in [0.2, 0.25) is 0 Å². The van der Waals surface area contributed by atoms with E-state index in [0.29, 0.717) is 15.7 Å². The molecule has 1 aromatic carbocycles. The van der Waals surface area contributed by atoms with Gasteiger partial charge in [0.25, 0.3) is 0 Å². The molecule has 0 fully saturated rings. The van der Waals surface area contributed by atoms with E-state index in [1.807, 2.05) is 0 Å². The molecule has 0 amide bonds. The lowest BCUT2D eigenvalue weighted by Gasteiger charge is -2.07. The van der Waals surface area contributed by atoms with Gasteiger partial charge in [-0.25, -0.2) is 9.59 Å². The monoisotopic (exact) mass is 354 g/mol. The van der Waals surface area contributed by atoms with E-state index in [2.05, 4.69) is 37.8 Å². The minimum Gasteiger partial charge on any atom is -0.464 e. The summed E-state index contributed by atoms with van der Waals surface area (Å²) in [5.74, 6) is -0.973. The molecule has 0 aliphatic heterocycles. The number of ether oxygens (including phenoxy) is 2. The van der Waals surface area contributed by atoms with Gasteiger partial charge in [0.1, 0.15) is 12.3 Å². The van der Waals surface area contributed by atoms with Gasteiger partial charge in [0.15, 0.2) is 0 Å². The molecule has 21 heavy (non-hydrogen) atoms. The summed E-state index contributed by atoms with van der Waals surface area (Å²) in [7, 11) is 1.28. The number of halogens is 1. The van der Waals surface area contributed by atoms with Crippen molar-refractivity contribution in [2.24, 2.45) is 5.10 Å². The molecule has 0 heterocycles. The number of benzene rings is 1. The topological polar surface area (TPSA) is 77.0 Å². The molecule has 0 aliphatic rings. The molecule has 1 aromatic rings. The van der Waals surface area contributed by atoms with Gasteiger partial charge in [-0.05, 0) is 41.1 Å². The number of anilines is 1. The zero-order valence-corrected chi connectivity index (χ0v) is 13.3. The van der Waals surface area contributed by atoms with Gasteiger partial charge in [-0.15, -0.1) is 0 Å². The predicted octanol–water partition coefficient (Wildman–Crippen LogP) is 2.75. The van der Waals surface area contributed by atoms with Crippen molar-refractivity contribution in [3.05, 3.63) is 40.9 Å². The normalized spacial score (nSPS) is 10.7. The highest BCUT2D eigenvalue weighted by molar-refractivity contribution is 9.10. The molecule has 0 aliphatic carbocycles. The Hall–Kier alpha value is -2.15. The molecule has 6 nitrogen and oxygen atoms in total. The van der Waals surface area contributed by atoms with Gasteiger partial charge in [-0.2, -0.15) is 5.10 Å². The van der Waals surface area contributed by atoms with Crippen molar-refractivity contribution in [1.29, 1.82) is 0 Å². The van der Waals surface area contributed by atoms with Crippen LogP contribution in [0, 0.1) is 0 Å². The van der Waals surface area contributed by atoms with Crippen LogP contribution in [0.1, 0.15) is 17.3 Å². The number of carbonyl (C=O) groups is 2. The van der Waals surface area contributed by atoms with Gasteiger partial charge in [-0.3, -0.25) is 5.43 Å². The minimum absolute atomic E-state index is 0.152. The molecule has 0 saturated heterocycles. The van der Waals surface area contributed by atoms with Gasteiger partial charge in [-0.1, -0.05) is 12.7 Å². The zero-order chi connectivity index (χ0) is 15.8. The van der Waals surface area contributed by atoms with E-state index in [0.717, 1.165) is 0 Å². The van der Waals surface area contributed by atoms with Crippen molar-refractivity contribution in [2.45, 2.75) is 6.92 Å². The highest BCUT2D eigenvalue weighted by atomic mass is 79.9. The average Bonchev–Trinajstić information content (AvgIpc) is 2.50. The number of carbonyl (C=O) groups excluding carboxylic acids is 2. The smallest absolute Gasteiger partial charge is 0.353 e. The maximum absolute atomic E-state index is 11.7. The summed E-state index contributed by atoms with van der Waals surface area (Å²) in [6, 6.07) is 4.82. The summed E-state index contributed by atoms with van der Waals surface area (Å²) in [4.78, 5) is 22.8. The number of methoxy groups -OCH3 is 1. The van der Waals surface area contributed by atoms with Crippen LogP contribution in [0.5, 0.6) is 0 Å². The number of hydrogen-bond acceptors (Lipinski definition) is 6. The lowest BCUT2D eigenvalue weighted by molar-refractivity contribution is -0.132. The van der Waals surface area contributed by atoms with Crippen LogP contribution < -0.4 is 5.43 Å². The lowest BCUT2D eigenvalue weighted by Crippen LogP contribution is -2.13. The summed E-state index contributed by atoms with van der Waals surface area (Å²) in [5.41, 5.74) is 3.88. The van der Waals surface area contributed by atoms with E-state index in [1.165, 1.54) is 20.1 Å². The van der Waals surface area contributed by atoms with Gasteiger partial charge in [0.2, 0.25) is 0 Å². The SMILES string of the molecule is C=CCOC(=O)c1ccc(N/N=C(\C)C(=O)OC)c(Br)c1. The highest BCUT2D eigenvalue weighted by Gasteiger charge is 2.10. The summed E-state index contributed by atoms with van der Waals surface area (Å²) in [5, 5.41) is 3.88. The first-order valence-corrected chi connectivity index (χ1v) is 6.75. The summed E-state index contributed by atoms with van der Waals surface area (Å²) in [6.45, 7) is 5.14. The summed E-state index contributed by atoms with van der Waals surface area (Å²) < 4.78 is 10.1.